The zero-order valence-corrected chi connectivity index (χ0v) is 15.7. The number of Topliss-reactive ketones (excluding diaryl/α,β-unsaturated/α-hetero) is 1. The van der Waals surface area contributed by atoms with Crippen molar-refractivity contribution < 1.29 is 15.0 Å². The number of hydrogen-bond donors (Lipinski definition) is 2. The van der Waals surface area contributed by atoms with Crippen LogP contribution in [0.2, 0.25) is 0 Å². The summed E-state index contributed by atoms with van der Waals surface area (Å²) in [6.45, 7) is 0.839. The molecule has 0 unspecified atom stereocenters. The maximum Gasteiger partial charge on any atom is 0.188 e. The van der Waals surface area contributed by atoms with Crippen molar-refractivity contribution in [2.75, 3.05) is 18.0 Å². The van der Waals surface area contributed by atoms with E-state index in [0.717, 1.165) is 16.9 Å². The highest BCUT2D eigenvalue weighted by Crippen LogP contribution is 2.26. The number of carbonyl (C=O) groups excluding carboxylic acids is 1. The molecule has 1 fully saturated rings. The number of pyridine rings is 1. The van der Waals surface area contributed by atoms with Gasteiger partial charge >= 0.3 is 0 Å². The minimum atomic E-state index is -0.0520. The summed E-state index contributed by atoms with van der Waals surface area (Å²) in [4.78, 5) is 19.6. The van der Waals surface area contributed by atoms with Crippen molar-refractivity contribution in [2.45, 2.75) is 0 Å². The maximum atomic E-state index is 13.2. The summed E-state index contributed by atoms with van der Waals surface area (Å²) in [6.07, 6.45) is 5.32. The molecular weight excluding hydrogens is 364 g/mol. The van der Waals surface area contributed by atoms with Crippen molar-refractivity contribution in [1.82, 2.24) is 4.98 Å². The van der Waals surface area contributed by atoms with E-state index in [-0.39, 0.29) is 17.3 Å². The average Bonchev–Trinajstić information content (AvgIpc) is 2.71. The van der Waals surface area contributed by atoms with Gasteiger partial charge in [0.1, 0.15) is 17.3 Å². The van der Waals surface area contributed by atoms with Crippen molar-refractivity contribution >= 4 is 23.8 Å². The first-order valence-electron chi connectivity index (χ1n) is 9.28. The predicted octanol–water partition coefficient (Wildman–Crippen LogP) is 4.05. The normalized spacial score (nSPS) is 17.1. The third kappa shape index (κ3) is 4.35. The van der Waals surface area contributed by atoms with E-state index in [2.05, 4.69) is 4.98 Å². The lowest BCUT2D eigenvalue weighted by Crippen LogP contribution is -2.38. The molecule has 2 heterocycles. The van der Waals surface area contributed by atoms with E-state index >= 15 is 0 Å². The zero-order valence-electron chi connectivity index (χ0n) is 15.7. The lowest BCUT2D eigenvalue weighted by atomic mass is 9.94. The Labute approximate surface area is 168 Å². The molecule has 5 nitrogen and oxygen atoms in total. The number of benzene rings is 2. The van der Waals surface area contributed by atoms with Gasteiger partial charge in [0, 0.05) is 30.4 Å². The molecule has 0 radical (unpaired) electrons. The van der Waals surface area contributed by atoms with E-state index in [1.54, 1.807) is 54.7 Å². The van der Waals surface area contributed by atoms with Crippen molar-refractivity contribution in [1.29, 1.82) is 0 Å². The number of carbonyl (C=O) groups is 1. The van der Waals surface area contributed by atoms with Crippen LogP contribution in [0.4, 0.5) is 5.82 Å². The molecule has 1 aliphatic rings. The lowest BCUT2D eigenvalue weighted by Gasteiger charge is -2.30. The minimum Gasteiger partial charge on any atom is -0.508 e. The fourth-order valence-electron chi connectivity index (χ4n) is 3.37. The summed E-state index contributed by atoms with van der Waals surface area (Å²) in [5.74, 6) is 1.03. The number of ketones is 1. The Morgan fingerprint density at radius 2 is 1.38 bits per heavy atom. The second kappa shape index (κ2) is 8.02. The monoisotopic (exact) mass is 384 g/mol. The molecule has 5 heteroatoms. The first-order chi connectivity index (χ1) is 14.1. The molecule has 0 bridgehead atoms. The second-order valence-corrected chi connectivity index (χ2v) is 6.90. The van der Waals surface area contributed by atoms with E-state index < -0.39 is 0 Å². The van der Waals surface area contributed by atoms with Crippen molar-refractivity contribution in [3.63, 3.8) is 0 Å². The molecule has 1 aromatic heterocycles. The SMILES string of the molecule is O=C1/C(=C/c2cccc(O)c2)CN(c2ccccn2)C/C1=C\c1cccc(O)c1. The van der Waals surface area contributed by atoms with E-state index in [0.29, 0.717) is 24.2 Å². The number of aromatic nitrogens is 1. The van der Waals surface area contributed by atoms with Gasteiger partial charge in [-0.1, -0.05) is 30.3 Å². The van der Waals surface area contributed by atoms with Gasteiger partial charge in [0.05, 0.1) is 0 Å². The van der Waals surface area contributed by atoms with Gasteiger partial charge in [-0.25, -0.2) is 4.98 Å². The smallest absolute Gasteiger partial charge is 0.188 e. The molecular formula is C24H20N2O3. The summed E-state index contributed by atoms with van der Waals surface area (Å²) >= 11 is 0. The standard InChI is InChI=1S/C24H20N2O3/c27-21-7-3-5-17(13-21)11-19-15-26(23-9-1-2-10-25-23)16-20(24(19)29)12-18-6-4-8-22(28)14-18/h1-14,27-28H,15-16H2/b19-11+,20-12+. The number of phenols is 2. The molecule has 0 saturated carbocycles. The molecule has 2 N–H and O–H groups in total. The number of hydrogen-bond acceptors (Lipinski definition) is 5. The van der Waals surface area contributed by atoms with Gasteiger partial charge in [0.2, 0.25) is 0 Å². The van der Waals surface area contributed by atoms with Gasteiger partial charge in [-0.05, 0) is 59.7 Å². The number of nitrogens with zero attached hydrogens (tertiary/aromatic N) is 2. The summed E-state index contributed by atoms with van der Waals surface area (Å²) in [5, 5.41) is 19.5. The van der Waals surface area contributed by atoms with Crippen molar-refractivity contribution in [3.8, 4) is 11.5 Å². The molecule has 29 heavy (non-hydrogen) atoms. The number of piperidine rings is 1. The van der Waals surface area contributed by atoms with Gasteiger partial charge in [-0.3, -0.25) is 4.79 Å². The highest BCUT2D eigenvalue weighted by atomic mass is 16.3. The molecule has 144 valence electrons. The molecule has 1 saturated heterocycles. The van der Waals surface area contributed by atoms with Crippen LogP contribution >= 0.6 is 0 Å². The van der Waals surface area contributed by atoms with Crippen LogP contribution in [0.1, 0.15) is 11.1 Å². The minimum absolute atomic E-state index is 0.0520. The van der Waals surface area contributed by atoms with E-state index in [9.17, 15) is 15.0 Å². The molecule has 0 spiro atoms. The topological polar surface area (TPSA) is 73.7 Å². The van der Waals surface area contributed by atoms with Crippen LogP contribution in [0.15, 0.2) is 84.1 Å². The van der Waals surface area contributed by atoms with E-state index in [1.807, 2.05) is 35.2 Å². The van der Waals surface area contributed by atoms with E-state index in [4.69, 9.17) is 0 Å². The first-order valence-corrected chi connectivity index (χ1v) is 9.28. The highest BCUT2D eigenvalue weighted by Gasteiger charge is 2.27. The number of aromatic hydroxyl groups is 2. The summed E-state index contributed by atoms with van der Waals surface area (Å²) < 4.78 is 0. The fourth-order valence-corrected chi connectivity index (χ4v) is 3.37. The Kier molecular flexibility index (Phi) is 5.12. The summed E-state index contributed by atoms with van der Waals surface area (Å²) in [7, 11) is 0. The van der Waals surface area contributed by atoms with Gasteiger partial charge in [-0.2, -0.15) is 0 Å². The van der Waals surface area contributed by atoms with Gasteiger partial charge < -0.3 is 15.1 Å². The zero-order chi connectivity index (χ0) is 20.2. The van der Waals surface area contributed by atoms with E-state index in [1.165, 1.54) is 0 Å². The van der Waals surface area contributed by atoms with Crippen LogP contribution in [0.25, 0.3) is 12.2 Å². The van der Waals surface area contributed by atoms with Crippen molar-refractivity contribution in [2.24, 2.45) is 0 Å². The number of rotatable bonds is 3. The Hall–Kier alpha value is -3.86. The molecule has 0 atom stereocenters. The Balaban J connectivity index is 1.75. The van der Waals surface area contributed by atoms with Crippen LogP contribution in [-0.2, 0) is 4.79 Å². The number of phenolic OH excluding ortho intramolecular Hbond substituents is 2. The molecule has 3 aromatic rings. The fraction of sp³-hybridized carbons (Fsp3) is 0.0833. The quantitative estimate of drug-likeness (QED) is 0.667. The van der Waals surface area contributed by atoms with Gasteiger partial charge in [0.25, 0.3) is 0 Å². The highest BCUT2D eigenvalue weighted by molar-refractivity contribution is 6.15. The van der Waals surface area contributed by atoms with Crippen LogP contribution < -0.4 is 4.90 Å². The second-order valence-electron chi connectivity index (χ2n) is 6.90. The van der Waals surface area contributed by atoms with Gasteiger partial charge in [0.15, 0.2) is 5.78 Å². The van der Waals surface area contributed by atoms with Crippen LogP contribution in [0.3, 0.4) is 0 Å². The third-order valence-electron chi connectivity index (χ3n) is 4.70. The third-order valence-corrected chi connectivity index (χ3v) is 4.70. The number of anilines is 1. The van der Waals surface area contributed by atoms with Crippen LogP contribution in [-0.4, -0.2) is 34.1 Å². The Bertz CT molecular complexity index is 1040. The largest absolute Gasteiger partial charge is 0.508 e. The maximum absolute atomic E-state index is 13.2. The van der Waals surface area contributed by atoms with Crippen LogP contribution in [0.5, 0.6) is 11.5 Å². The Morgan fingerprint density at radius 3 is 1.86 bits per heavy atom. The molecule has 0 aliphatic carbocycles. The molecule has 2 aromatic carbocycles. The summed E-state index contributed by atoms with van der Waals surface area (Å²) in [5.41, 5.74) is 2.73. The summed E-state index contributed by atoms with van der Waals surface area (Å²) in [6, 6.07) is 19.3. The molecule has 1 aliphatic heterocycles. The first kappa shape index (κ1) is 18.5. The molecule has 0 amide bonds. The lowest BCUT2D eigenvalue weighted by molar-refractivity contribution is -0.112. The average molecular weight is 384 g/mol. The Morgan fingerprint density at radius 1 is 0.793 bits per heavy atom. The molecule has 4 rings (SSSR count). The van der Waals surface area contributed by atoms with Gasteiger partial charge in [-0.15, -0.1) is 0 Å². The van der Waals surface area contributed by atoms with Crippen LogP contribution in [0, 0.1) is 0 Å². The predicted molar refractivity (Wildman–Crippen MR) is 114 cm³/mol. The van der Waals surface area contributed by atoms with Crippen molar-refractivity contribution in [3.05, 3.63) is 95.2 Å².